The van der Waals surface area contributed by atoms with E-state index in [0.29, 0.717) is 0 Å². The van der Waals surface area contributed by atoms with Crippen molar-refractivity contribution in [2.75, 3.05) is 0 Å². The Labute approximate surface area is 77.8 Å². The van der Waals surface area contributed by atoms with E-state index in [-0.39, 0.29) is 0 Å². The van der Waals surface area contributed by atoms with E-state index < -0.39 is 17.2 Å². The quantitative estimate of drug-likeness (QED) is 0.456. The topological polar surface area (TPSA) is 0 Å². The van der Waals surface area contributed by atoms with E-state index in [1.807, 2.05) is 0 Å². The van der Waals surface area contributed by atoms with E-state index in [1.165, 1.54) is 25.7 Å². The number of hydrogen-bond acceptors (Lipinski definition) is 0. The SMILES string of the molecule is C1=C\CC/C=C\CC/1.[2H][Rh][Cl]. The van der Waals surface area contributed by atoms with Crippen molar-refractivity contribution in [1.82, 2.24) is 0 Å². The molecule has 0 spiro atoms. The maximum atomic E-state index is 6.04. The Balaban J connectivity index is 0.000000292. The van der Waals surface area contributed by atoms with E-state index in [2.05, 4.69) is 24.3 Å². The molecule has 0 amide bonds. The molecule has 1 aliphatic carbocycles. The van der Waals surface area contributed by atoms with Crippen molar-refractivity contribution in [3.8, 4) is 0 Å². The van der Waals surface area contributed by atoms with E-state index in [1.54, 1.807) is 0 Å². The number of halogens is 1. The minimum atomic E-state index is -0.448. The molecule has 2 heteroatoms. The average Bonchev–Trinajstić information content (AvgIpc) is 1.86. The van der Waals surface area contributed by atoms with Crippen molar-refractivity contribution < 1.29 is 17.2 Å². The van der Waals surface area contributed by atoms with Gasteiger partial charge in [-0.15, -0.1) is 0 Å². The van der Waals surface area contributed by atoms with Gasteiger partial charge in [0, 0.05) is 0 Å². The van der Waals surface area contributed by atoms with Crippen LogP contribution in [0.1, 0.15) is 25.7 Å². The van der Waals surface area contributed by atoms with Crippen LogP contribution in [0.3, 0.4) is 0 Å². The summed E-state index contributed by atoms with van der Waals surface area (Å²) in [5.74, 6) is 0. The fraction of sp³-hybridized carbons (Fsp3) is 0.500. The number of allylic oxidation sites excluding steroid dienone is 4. The summed E-state index contributed by atoms with van der Waals surface area (Å²) in [4.78, 5) is 0. The zero-order valence-corrected chi connectivity index (χ0v) is 8.24. The van der Waals surface area contributed by atoms with Crippen molar-refractivity contribution in [3.63, 3.8) is 0 Å². The molecule has 0 aromatic rings. The van der Waals surface area contributed by atoms with Gasteiger partial charge in [0.25, 0.3) is 0 Å². The van der Waals surface area contributed by atoms with Crippen LogP contribution in [-0.2, 0) is 17.2 Å². The summed E-state index contributed by atoms with van der Waals surface area (Å²) in [6.45, 7) is 0. The van der Waals surface area contributed by atoms with E-state index >= 15 is 0 Å². The van der Waals surface area contributed by atoms with Gasteiger partial charge in [0.1, 0.15) is 0 Å². The Morgan fingerprint density at radius 2 is 1.20 bits per heavy atom. The molecular formula is C8H13ClRh. The molecule has 10 heavy (non-hydrogen) atoms. The van der Waals surface area contributed by atoms with Gasteiger partial charge in [0.15, 0.2) is 0 Å². The van der Waals surface area contributed by atoms with E-state index in [0.717, 1.165) is 0 Å². The molecule has 1 aliphatic rings. The second-order valence-corrected chi connectivity index (χ2v) is 2.10. The fourth-order valence-electron chi connectivity index (χ4n) is 0.856. The molecule has 0 radical (unpaired) electrons. The molecule has 0 aromatic carbocycles. The summed E-state index contributed by atoms with van der Waals surface area (Å²) in [6.07, 6.45) is 14.0. The Morgan fingerprint density at radius 3 is 1.40 bits per heavy atom. The molecule has 0 bridgehead atoms. The molecule has 0 N–H and O–H groups in total. The summed E-state index contributed by atoms with van der Waals surface area (Å²) in [5, 5.41) is 0. The first kappa shape index (κ1) is 8.49. The van der Waals surface area contributed by atoms with Gasteiger partial charge in [0.2, 0.25) is 0 Å². The first-order valence-corrected chi connectivity index (χ1v) is 5.54. The van der Waals surface area contributed by atoms with Gasteiger partial charge in [0.05, 0.1) is 0 Å². The van der Waals surface area contributed by atoms with Crippen molar-refractivity contribution in [2.45, 2.75) is 25.7 Å². The third kappa shape index (κ3) is 6.51. The Bertz CT molecular complexity index is 97.3. The second-order valence-electron chi connectivity index (χ2n) is 2.10. The van der Waals surface area contributed by atoms with E-state index in [9.17, 15) is 0 Å². The molecule has 0 aromatic heterocycles. The van der Waals surface area contributed by atoms with Crippen molar-refractivity contribution in [3.05, 3.63) is 24.3 Å². The van der Waals surface area contributed by atoms with Crippen molar-refractivity contribution in [1.29, 1.82) is 0.832 Å². The van der Waals surface area contributed by atoms with E-state index in [4.69, 9.17) is 10.5 Å². The van der Waals surface area contributed by atoms with Crippen LogP contribution in [0.25, 0.3) is 0 Å². The fourth-order valence-corrected chi connectivity index (χ4v) is 0.856. The van der Waals surface area contributed by atoms with Gasteiger partial charge in [-0.2, -0.15) is 0 Å². The molecule has 0 atom stereocenters. The molecule has 0 aliphatic heterocycles. The number of hydrogen-bond donors (Lipinski definition) is 0. The molecule has 61 valence electrons. The van der Waals surface area contributed by atoms with Gasteiger partial charge in [-0.05, 0) is 25.7 Å². The van der Waals surface area contributed by atoms with Gasteiger partial charge in [-0.25, -0.2) is 0 Å². The van der Waals surface area contributed by atoms with Gasteiger partial charge in [-0.1, -0.05) is 24.3 Å². The molecular weight excluding hydrogens is 234 g/mol. The standard InChI is InChI=1S/C8H12.ClH.Rh.H/c1-2-4-6-8-7-5-3-1;;;/h1-2,7-8H,3-6H2;1H;;/q;;+1;/p-1/b2-1-,8-7-;;;/i;;;1+1. The molecule has 0 nitrogen and oxygen atoms in total. The van der Waals surface area contributed by atoms with Crippen molar-refractivity contribution in [2.24, 2.45) is 0 Å². The Morgan fingerprint density at radius 1 is 1.00 bits per heavy atom. The minimum absolute atomic E-state index is 0.448. The molecule has 0 saturated carbocycles. The molecule has 0 fully saturated rings. The van der Waals surface area contributed by atoms with Crippen molar-refractivity contribution >= 4 is 9.69 Å². The number of rotatable bonds is 0. The summed E-state index contributed by atoms with van der Waals surface area (Å²) < 4.78 is 6.04. The molecule has 1 rings (SSSR count). The zero-order valence-electron chi connectivity index (χ0n) is 6.85. The Kier molecular flexibility index (Phi) is 7.97. The van der Waals surface area contributed by atoms with Crippen LogP contribution in [0.15, 0.2) is 24.3 Å². The van der Waals surface area contributed by atoms with Crippen LogP contribution < -0.4 is 0 Å². The van der Waals surface area contributed by atoms with Crippen LogP contribution in [0.5, 0.6) is 0 Å². The molecule has 0 heterocycles. The van der Waals surface area contributed by atoms with Gasteiger partial charge < -0.3 is 0 Å². The third-order valence-corrected chi connectivity index (χ3v) is 1.33. The summed E-state index contributed by atoms with van der Waals surface area (Å²) >= 11 is -0.448. The normalized spacial score (nSPS) is 24.7. The average molecular weight is 249 g/mol. The zero-order chi connectivity index (χ0) is 8.36. The predicted octanol–water partition coefficient (Wildman–Crippen LogP) is 3.09. The second kappa shape index (κ2) is 9.39. The van der Waals surface area contributed by atoms with Crippen LogP contribution >= 0.6 is 9.69 Å². The summed E-state index contributed by atoms with van der Waals surface area (Å²) in [5.41, 5.74) is 0. The maximum absolute atomic E-state index is 6.04. The van der Waals surface area contributed by atoms with Crippen LogP contribution in [-0.4, -0.2) is 0.832 Å². The monoisotopic (exact) mass is 248 g/mol. The van der Waals surface area contributed by atoms with Crippen LogP contribution in [0.4, 0.5) is 0 Å². The van der Waals surface area contributed by atoms with Gasteiger partial charge >= 0.3 is 27.7 Å². The molecule has 0 unspecified atom stereocenters. The predicted molar refractivity (Wildman–Crippen MR) is 44.0 cm³/mol. The first-order valence-electron chi connectivity index (χ1n) is 3.76. The Hall–Kier alpha value is 0.393. The summed E-state index contributed by atoms with van der Waals surface area (Å²) in [7, 11) is 4.74. The molecule has 0 saturated heterocycles. The van der Waals surface area contributed by atoms with Gasteiger partial charge in [-0.3, -0.25) is 0 Å². The van der Waals surface area contributed by atoms with Crippen LogP contribution in [0.2, 0.25) is 0 Å². The van der Waals surface area contributed by atoms with Crippen LogP contribution in [0, 0.1) is 0 Å². The first-order chi connectivity index (χ1) is 5.41. The summed E-state index contributed by atoms with van der Waals surface area (Å²) in [6, 6.07) is 0. The third-order valence-electron chi connectivity index (χ3n) is 1.33.